The van der Waals surface area contributed by atoms with Crippen molar-refractivity contribution in [2.75, 3.05) is 0 Å². The first-order chi connectivity index (χ1) is 15.3. The third kappa shape index (κ3) is 3.90. The molecule has 2 heterocycles. The summed E-state index contributed by atoms with van der Waals surface area (Å²) in [7, 11) is 0. The summed E-state index contributed by atoms with van der Waals surface area (Å²) in [4.78, 5) is 4.66. The highest BCUT2D eigenvalue weighted by Crippen LogP contribution is 2.38. The van der Waals surface area contributed by atoms with Crippen LogP contribution in [0, 0.1) is 5.82 Å². The van der Waals surface area contributed by atoms with Gasteiger partial charge in [0.25, 0.3) is 0 Å². The summed E-state index contributed by atoms with van der Waals surface area (Å²) < 4.78 is 16.3. The Morgan fingerprint density at radius 2 is 1.48 bits per heavy atom. The molecule has 150 valence electrons. The predicted molar refractivity (Wildman–Crippen MR) is 124 cm³/mol. The Hall–Kier alpha value is -3.98. The van der Waals surface area contributed by atoms with E-state index in [9.17, 15) is 4.39 Å². The second-order valence-electron chi connectivity index (χ2n) is 7.46. The maximum absolute atomic E-state index is 14.1. The van der Waals surface area contributed by atoms with E-state index in [1.807, 2.05) is 48.5 Å². The van der Waals surface area contributed by atoms with Crippen LogP contribution < -0.4 is 0 Å². The first-order valence-electron chi connectivity index (χ1n) is 10.3. The molecule has 0 saturated carbocycles. The number of halogens is 1. The quantitative estimate of drug-likeness (QED) is 0.310. The van der Waals surface area contributed by atoms with Crippen molar-refractivity contribution >= 4 is 0 Å². The number of hydrogen-bond acceptors (Lipinski definition) is 1. The molecule has 0 amide bonds. The minimum absolute atomic E-state index is 0.249. The fourth-order valence-corrected chi connectivity index (χ4v) is 4.00. The van der Waals surface area contributed by atoms with E-state index in [1.165, 1.54) is 11.6 Å². The number of para-hydroxylation sites is 1. The smallest absolute Gasteiger partial charge is 0.123 e. The molecule has 0 aliphatic heterocycles. The molecule has 0 atom stereocenters. The normalized spacial score (nSPS) is 10.9. The third-order valence-corrected chi connectivity index (χ3v) is 5.41. The van der Waals surface area contributed by atoms with Crippen LogP contribution in [0.1, 0.15) is 11.3 Å². The number of benzene rings is 3. The monoisotopic (exact) mass is 404 g/mol. The summed E-state index contributed by atoms with van der Waals surface area (Å²) in [6.07, 6.45) is 4.64. The van der Waals surface area contributed by atoms with Crippen molar-refractivity contribution in [3.63, 3.8) is 0 Å². The standard InChI is InChI=1S/C28H21FN2/c29-23-13-9-12-22(19-23)25-20-31(24-14-5-2-6-15-24)27(18-21-10-3-1-4-11-21)28(25)26-16-7-8-17-30-26/h1-17,19-20H,18H2. The molecule has 2 aromatic heterocycles. The minimum Gasteiger partial charge on any atom is -0.319 e. The lowest BCUT2D eigenvalue weighted by Gasteiger charge is -2.12. The van der Waals surface area contributed by atoms with Crippen molar-refractivity contribution in [3.8, 4) is 28.1 Å². The Kier molecular flexibility index (Phi) is 5.16. The van der Waals surface area contributed by atoms with Crippen molar-refractivity contribution in [1.29, 1.82) is 0 Å². The van der Waals surface area contributed by atoms with E-state index in [4.69, 9.17) is 0 Å². The summed E-state index contributed by atoms with van der Waals surface area (Å²) in [6.45, 7) is 0. The average Bonchev–Trinajstić information content (AvgIpc) is 3.20. The van der Waals surface area contributed by atoms with E-state index in [1.54, 1.807) is 18.3 Å². The highest BCUT2D eigenvalue weighted by molar-refractivity contribution is 5.85. The predicted octanol–water partition coefficient (Wildman–Crippen LogP) is 6.94. The molecular formula is C28H21FN2. The molecule has 0 spiro atoms. The van der Waals surface area contributed by atoms with Gasteiger partial charge in [-0.3, -0.25) is 4.98 Å². The molecule has 3 heteroatoms. The summed E-state index contributed by atoms with van der Waals surface area (Å²) in [5, 5.41) is 0. The Labute approximate surface area is 181 Å². The SMILES string of the molecule is Fc1cccc(-c2cn(-c3ccccc3)c(Cc3ccccc3)c2-c2ccccn2)c1. The highest BCUT2D eigenvalue weighted by atomic mass is 19.1. The van der Waals surface area contributed by atoms with E-state index < -0.39 is 0 Å². The van der Waals surface area contributed by atoms with Crippen molar-refractivity contribution in [3.05, 3.63) is 133 Å². The van der Waals surface area contributed by atoms with Gasteiger partial charge in [-0.25, -0.2) is 4.39 Å². The summed E-state index contributed by atoms with van der Waals surface area (Å²) in [5.41, 5.74) is 7.10. The lowest BCUT2D eigenvalue weighted by molar-refractivity contribution is 0.628. The highest BCUT2D eigenvalue weighted by Gasteiger charge is 2.21. The summed E-state index contributed by atoms with van der Waals surface area (Å²) in [6, 6.07) is 33.3. The zero-order valence-electron chi connectivity index (χ0n) is 16.9. The average molecular weight is 404 g/mol. The Morgan fingerprint density at radius 1 is 0.742 bits per heavy atom. The largest absolute Gasteiger partial charge is 0.319 e. The maximum atomic E-state index is 14.1. The summed E-state index contributed by atoms with van der Waals surface area (Å²) >= 11 is 0. The van der Waals surface area contributed by atoms with Gasteiger partial charge in [-0.05, 0) is 47.5 Å². The van der Waals surface area contributed by atoms with Crippen LogP contribution in [-0.2, 0) is 6.42 Å². The van der Waals surface area contributed by atoms with Gasteiger partial charge < -0.3 is 4.57 Å². The molecule has 0 saturated heterocycles. The molecule has 31 heavy (non-hydrogen) atoms. The fraction of sp³-hybridized carbons (Fsp3) is 0.0357. The van der Waals surface area contributed by atoms with E-state index >= 15 is 0 Å². The number of nitrogens with zero attached hydrogens (tertiary/aromatic N) is 2. The van der Waals surface area contributed by atoms with E-state index in [-0.39, 0.29) is 5.82 Å². The van der Waals surface area contributed by atoms with Crippen LogP contribution in [0.15, 0.2) is 116 Å². The lowest BCUT2D eigenvalue weighted by Crippen LogP contribution is -2.01. The molecule has 0 fully saturated rings. The fourth-order valence-electron chi connectivity index (χ4n) is 4.00. The molecule has 5 aromatic rings. The Bertz CT molecular complexity index is 1290. The number of aromatic nitrogens is 2. The van der Waals surface area contributed by atoms with Crippen LogP contribution in [0.25, 0.3) is 28.1 Å². The zero-order chi connectivity index (χ0) is 21.0. The number of rotatable bonds is 5. The van der Waals surface area contributed by atoms with Gasteiger partial charge in [0, 0.05) is 41.3 Å². The summed E-state index contributed by atoms with van der Waals surface area (Å²) in [5.74, 6) is -0.249. The lowest BCUT2D eigenvalue weighted by atomic mass is 9.97. The van der Waals surface area contributed by atoms with Crippen LogP contribution in [0.2, 0.25) is 0 Å². The molecule has 0 N–H and O–H groups in total. The van der Waals surface area contributed by atoms with Crippen molar-refractivity contribution < 1.29 is 4.39 Å². The Morgan fingerprint density at radius 3 is 2.19 bits per heavy atom. The molecule has 0 radical (unpaired) electrons. The van der Waals surface area contributed by atoms with Gasteiger partial charge in [-0.2, -0.15) is 0 Å². The van der Waals surface area contributed by atoms with Crippen LogP contribution in [-0.4, -0.2) is 9.55 Å². The van der Waals surface area contributed by atoms with Gasteiger partial charge in [-0.1, -0.05) is 66.7 Å². The number of hydrogen-bond donors (Lipinski definition) is 0. The maximum Gasteiger partial charge on any atom is 0.123 e. The van der Waals surface area contributed by atoms with Crippen molar-refractivity contribution in [1.82, 2.24) is 9.55 Å². The zero-order valence-corrected chi connectivity index (χ0v) is 16.9. The topological polar surface area (TPSA) is 17.8 Å². The van der Waals surface area contributed by atoms with Crippen LogP contribution in [0.5, 0.6) is 0 Å². The van der Waals surface area contributed by atoms with E-state index in [0.29, 0.717) is 0 Å². The van der Waals surface area contributed by atoms with Gasteiger partial charge in [0.15, 0.2) is 0 Å². The van der Waals surface area contributed by atoms with Crippen LogP contribution in [0.3, 0.4) is 0 Å². The van der Waals surface area contributed by atoms with Crippen molar-refractivity contribution in [2.24, 2.45) is 0 Å². The molecule has 5 rings (SSSR count). The molecular weight excluding hydrogens is 383 g/mol. The van der Waals surface area contributed by atoms with Crippen LogP contribution in [0.4, 0.5) is 4.39 Å². The van der Waals surface area contributed by atoms with Gasteiger partial charge >= 0.3 is 0 Å². The first kappa shape index (κ1) is 19.0. The van der Waals surface area contributed by atoms with Gasteiger partial charge in [0.2, 0.25) is 0 Å². The minimum atomic E-state index is -0.249. The molecule has 3 aromatic carbocycles. The second-order valence-corrected chi connectivity index (χ2v) is 7.46. The van der Waals surface area contributed by atoms with Crippen molar-refractivity contribution in [2.45, 2.75) is 6.42 Å². The first-order valence-corrected chi connectivity index (χ1v) is 10.3. The molecule has 0 unspecified atom stereocenters. The van der Waals surface area contributed by atoms with E-state index in [0.717, 1.165) is 40.2 Å². The molecule has 0 aliphatic carbocycles. The van der Waals surface area contributed by atoms with Gasteiger partial charge in [0.1, 0.15) is 5.82 Å². The molecule has 2 nitrogen and oxygen atoms in total. The third-order valence-electron chi connectivity index (χ3n) is 5.41. The van der Waals surface area contributed by atoms with Crippen LogP contribution >= 0.6 is 0 Å². The van der Waals surface area contributed by atoms with Gasteiger partial charge in [0.05, 0.1) is 5.69 Å². The van der Waals surface area contributed by atoms with Gasteiger partial charge in [-0.15, -0.1) is 0 Å². The second kappa shape index (κ2) is 8.41. The molecule has 0 aliphatic rings. The van der Waals surface area contributed by atoms with E-state index in [2.05, 4.69) is 52.1 Å². The molecule has 0 bridgehead atoms. The number of pyridine rings is 1. The Balaban J connectivity index is 1.81.